The van der Waals surface area contributed by atoms with Crippen LogP contribution in [0.1, 0.15) is 58.3 Å². The molecule has 0 atom stereocenters. The van der Waals surface area contributed by atoms with Gasteiger partial charge in [0.2, 0.25) is 5.91 Å². The molecule has 1 heterocycles. The summed E-state index contributed by atoms with van der Waals surface area (Å²) in [6, 6.07) is 0. The summed E-state index contributed by atoms with van der Waals surface area (Å²) in [6.07, 6.45) is 9.22. The Kier molecular flexibility index (Phi) is 8.06. The lowest BCUT2D eigenvalue weighted by Gasteiger charge is -2.25. The summed E-state index contributed by atoms with van der Waals surface area (Å²) in [5.74, 6) is 1.15. The standard InChI is InChI=1S/C15H30N2O/c1-3-4-5-6-7-15(18)17(2)13-10-14-8-11-16-12-9-14/h14,16H,3-13H2,1-2H3. The van der Waals surface area contributed by atoms with Crippen molar-refractivity contribution in [1.29, 1.82) is 0 Å². The number of amides is 1. The van der Waals surface area contributed by atoms with E-state index in [0.29, 0.717) is 5.91 Å². The van der Waals surface area contributed by atoms with E-state index in [-0.39, 0.29) is 0 Å². The van der Waals surface area contributed by atoms with Gasteiger partial charge in [0, 0.05) is 20.0 Å². The van der Waals surface area contributed by atoms with Crippen LogP contribution in [0.5, 0.6) is 0 Å². The van der Waals surface area contributed by atoms with Crippen molar-refractivity contribution in [3.63, 3.8) is 0 Å². The van der Waals surface area contributed by atoms with Crippen LogP contribution in [-0.2, 0) is 4.79 Å². The first kappa shape index (κ1) is 15.5. The van der Waals surface area contributed by atoms with Crippen LogP contribution in [0.15, 0.2) is 0 Å². The van der Waals surface area contributed by atoms with Crippen LogP contribution in [0.25, 0.3) is 0 Å². The van der Waals surface area contributed by atoms with E-state index in [1.807, 2.05) is 11.9 Å². The van der Waals surface area contributed by atoms with Gasteiger partial charge in [0.15, 0.2) is 0 Å². The van der Waals surface area contributed by atoms with Crippen molar-refractivity contribution in [3.05, 3.63) is 0 Å². The summed E-state index contributed by atoms with van der Waals surface area (Å²) in [7, 11) is 1.96. The van der Waals surface area contributed by atoms with Gasteiger partial charge in [0.1, 0.15) is 0 Å². The minimum atomic E-state index is 0.333. The van der Waals surface area contributed by atoms with E-state index in [1.54, 1.807) is 0 Å². The lowest BCUT2D eigenvalue weighted by Crippen LogP contribution is -2.32. The highest BCUT2D eigenvalue weighted by molar-refractivity contribution is 5.75. The predicted molar refractivity (Wildman–Crippen MR) is 76.6 cm³/mol. The third kappa shape index (κ3) is 6.39. The molecule has 0 radical (unpaired) electrons. The first-order valence-corrected chi connectivity index (χ1v) is 7.68. The van der Waals surface area contributed by atoms with Gasteiger partial charge in [-0.15, -0.1) is 0 Å². The highest BCUT2D eigenvalue weighted by atomic mass is 16.2. The maximum Gasteiger partial charge on any atom is 0.222 e. The van der Waals surface area contributed by atoms with Gasteiger partial charge < -0.3 is 10.2 Å². The highest BCUT2D eigenvalue weighted by Gasteiger charge is 2.15. The molecule has 1 fully saturated rings. The van der Waals surface area contributed by atoms with Crippen molar-refractivity contribution >= 4 is 5.91 Å². The molecule has 0 aromatic rings. The Balaban J connectivity index is 2.07. The first-order chi connectivity index (χ1) is 8.74. The molecule has 0 aromatic carbocycles. The summed E-state index contributed by atoms with van der Waals surface area (Å²) in [6.45, 7) is 5.45. The van der Waals surface area contributed by atoms with Crippen molar-refractivity contribution < 1.29 is 4.79 Å². The van der Waals surface area contributed by atoms with E-state index in [2.05, 4.69) is 12.2 Å². The fraction of sp³-hybridized carbons (Fsp3) is 0.933. The summed E-state index contributed by atoms with van der Waals surface area (Å²) >= 11 is 0. The average Bonchev–Trinajstić information content (AvgIpc) is 2.42. The topological polar surface area (TPSA) is 32.3 Å². The molecule has 1 aliphatic rings. The minimum Gasteiger partial charge on any atom is -0.346 e. The van der Waals surface area contributed by atoms with E-state index in [0.717, 1.165) is 38.4 Å². The Labute approximate surface area is 112 Å². The fourth-order valence-corrected chi connectivity index (χ4v) is 2.57. The van der Waals surface area contributed by atoms with Crippen LogP contribution in [0.4, 0.5) is 0 Å². The molecular formula is C15H30N2O. The third-order valence-corrected chi connectivity index (χ3v) is 4.00. The summed E-state index contributed by atoms with van der Waals surface area (Å²) in [5, 5.41) is 3.38. The molecule has 1 amide bonds. The zero-order valence-corrected chi connectivity index (χ0v) is 12.2. The van der Waals surface area contributed by atoms with Crippen LogP contribution in [0.2, 0.25) is 0 Å². The summed E-state index contributed by atoms with van der Waals surface area (Å²) < 4.78 is 0. The molecule has 0 bridgehead atoms. The number of nitrogens with zero attached hydrogens (tertiary/aromatic N) is 1. The van der Waals surface area contributed by atoms with Gasteiger partial charge >= 0.3 is 0 Å². The lowest BCUT2D eigenvalue weighted by atomic mass is 9.94. The van der Waals surface area contributed by atoms with Gasteiger partial charge in [-0.3, -0.25) is 4.79 Å². The largest absolute Gasteiger partial charge is 0.346 e. The SMILES string of the molecule is CCCCCCC(=O)N(C)CCC1CCNCC1. The van der Waals surface area contributed by atoms with Gasteiger partial charge in [-0.05, 0) is 44.7 Å². The molecule has 0 saturated carbocycles. The average molecular weight is 254 g/mol. The Hall–Kier alpha value is -0.570. The minimum absolute atomic E-state index is 0.333. The molecule has 1 saturated heterocycles. The molecule has 0 unspecified atom stereocenters. The summed E-state index contributed by atoms with van der Waals surface area (Å²) in [5.41, 5.74) is 0. The molecule has 0 aliphatic carbocycles. The van der Waals surface area contributed by atoms with Crippen molar-refractivity contribution in [2.24, 2.45) is 5.92 Å². The normalized spacial score (nSPS) is 16.8. The number of rotatable bonds is 8. The number of nitrogens with one attached hydrogen (secondary N) is 1. The van der Waals surface area contributed by atoms with Crippen LogP contribution in [-0.4, -0.2) is 37.5 Å². The Morgan fingerprint density at radius 3 is 2.61 bits per heavy atom. The molecule has 1 N–H and O–H groups in total. The second-order valence-electron chi connectivity index (χ2n) is 5.61. The molecule has 3 heteroatoms. The van der Waals surface area contributed by atoms with E-state index >= 15 is 0 Å². The van der Waals surface area contributed by atoms with Crippen molar-refractivity contribution in [3.8, 4) is 0 Å². The number of carbonyl (C=O) groups is 1. The number of carbonyl (C=O) groups excluding carboxylic acids is 1. The van der Waals surface area contributed by atoms with Gasteiger partial charge in [-0.1, -0.05) is 26.2 Å². The molecule has 106 valence electrons. The number of piperidine rings is 1. The smallest absolute Gasteiger partial charge is 0.222 e. The second-order valence-corrected chi connectivity index (χ2v) is 5.61. The van der Waals surface area contributed by atoms with Crippen molar-refractivity contribution in [2.75, 3.05) is 26.7 Å². The van der Waals surface area contributed by atoms with Gasteiger partial charge in [-0.25, -0.2) is 0 Å². The molecule has 3 nitrogen and oxygen atoms in total. The van der Waals surface area contributed by atoms with Crippen LogP contribution in [0.3, 0.4) is 0 Å². The Bertz CT molecular complexity index is 225. The molecular weight excluding hydrogens is 224 g/mol. The van der Waals surface area contributed by atoms with Crippen molar-refractivity contribution in [1.82, 2.24) is 10.2 Å². The summed E-state index contributed by atoms with van der Waals surface area (Å²) in [4.78, 5) is 13.8. The molecule has 1 aliphatic heterocycles. The maximum atomic E-state index is 11.9. The van der Waals surface area contributed by atoms with E-state index < -0.39 is 0 Å². The lowest BCUT2D eigenvalue weighted by molar-refractivity contribution is -0.130. The molecule has 0 spiro atoms. The van der Waals surface area contributed by atoms with Crippen LogP contribution < -0.4 is 5.32 Å². The van der Waals surface area contributed by atoms with Crippen LogP contribution >= 0.6 is 0 Å². The van der Waals surface area contributed by atoms with Gasteiger partial charge in [0.25, 0.3) is 0 Å². The zero-order valence-electron chi connectivity index (χ0n) is 12.2. The van der Waals surface area contributed by atoms with Gasteiger partial charge in [0.05, 0.1) is 0 Å². The Morgan fingerprint density at radius 2 is 1.94 bits per heavy atom. The van der Waals surface area contributed by atoms with Crippen LogP contribution in [0, 0.1) is 5.92 Å². The molecule has 18 heavy (non-hydrogen) atoms. The molecule has 1 rings (SSSR count). The first-order valence-electron chi connectivity index (χ1n) is 7.68. The van der Waals surface area contributed by atoms with E-state index in [1.165, 1.54) is 38.5 Å². The monoisotopic (exact) mass is 254 g/mol. The predicted octanol–water partition coefficient (Wildman–Crippen LogP) is 2.80. The number of hydrogen-bond acceptors (Lipinski definition) is 2. The molecule has 0 aromatic heterocycles. The van der Waals surface area contributed by atoms with Crippen molar-refractivity contribution in [2.45, 2.75) is 58.3 Å². The fourth-order valence-electron chi connectivity index (χ4n) is 2.57. The van der Waals surface area contributed by atoms with Gasteiger partial charge in [-0.2, -0.15) is 0 Å². The second kappa shape index (κ2) is 9.37. The highest BCUT2D eigenvalue weighted by Crippen LogP contribution is 2.16. The van der Waals surface area contributed by atoms with E-state index in [4.69, 9.17) is 0 Å². The Morgan fingerprint density at radius 1 is 1.22 bits per heavy atom. The van der Waals surface area contributed by atoms with E-state index in [9.17, 15) is 4.79 Å². The third-order valence-electron chi connectivity index (χ3n) is 4.00. The number of unbranched alkanes of at least 4 members (excludes halogenated alkanes) is 3. The number of hydrogen-bond donors (Lipinski definition) is 1. The zero-order chi connectivity index (χ0) is 13.2. The maximum absolute atomic E-state index is 11.9. The quantitative estimate of drug-likeness (QED) is 0.676.